The van der Waals surface area contributed by atoms with E-state index in [-0.39, 0.29) is 11.9 Å². The molecule has 0 spiro atoms. The second-order valence-corrected chi connectivity index (χ2v) is 5.10. The van der Waals surface area contributed by atoms with E-state index in [1.165, 1.54) is 12.1 Å². The molecule has 1 N–H and O–H groups in total. The van der Waals surface area contributed by atoms with Gasteiger partial charge in [-0.25, -0.2) is 4.39 Å². The lowest BCUT2D eigenvalue weighted by molar-refractivity contribution is 0.626. The maximum absolute atomic E-state index is 13.0. The first-order valence-corrected chi connectivity index (χ1v) is 6.89. The molecule has 0 aliphatic carbocycles. The van der Waals surface area contributed by atoms with Crippen molar-refractivity contribution in [2.75, 3.05) is 5.32 Å². The molecule has 0 aliphatic heterocycles. The van der Waals surface area contributed by atoms with E-state index in [4.69, 9.17) is 0 Å². The molecular weight excluding hydrogens is 265 g/mol. The van der Waals surface area contributed by atoms with Crippen molar-refractivity contribution in [2.24, 2.45) is 0 Å². The third-order valence-electron chi connectivity index (χ3n) is 3.60. The molecule has 1 unspecified atom stereocenters. The van der Waals surface area contributed by atoms with Crippen LogP contribution < -0.4 is 5.32 Å². The minimum Gasteiger partial charge on any atom is -0.362 e. The summed E-state index contributed by atoms with van der Waals surface area (Å²) in [5, 5.41) is 13.9. The minimum absolute atomic E-state index is 0.0195. The predicted octanol–water partition coefficient (Wildman–Crippen LogP) is 4.25. The van der Waals surface area contributed by atoms with Crippen LogP contribution in [0.25, 0.3) is 10.8 Å². The van der Waals surface area contributed by atoms with Gasteiger partial charge in [0.1, 0.15) is 5.82 Å². The quantitative estimate of drug-likeness (QED) is 0.780. The van der Waals surface area contributed by atoms with Crippen LogP contribution in [0.1, 0.15) is 24.2 Å². The second kappa shape index (κ2) is 5.48. The standard InChI is InChI=1S/C17H16FN3/c1-11(13-7-9-14(18)10-8-13)19-17-16-6-4-3-5-15(16)12(2)20-21-17/h3-11H,1-2H3,(H,19,21). The third kappa shape index (κ3) is 2.70. The first kappa shape index (κ1) is 13.5. The lowest BCUT2D eigenvalue weighted by Gasteiger charge is -2.16. The van der Waals surface area contributed by atoms with Gasteiger partial charge in [0.25, 0.3) is 0 Å². The smallest absolute Gasteiger partial charge is 0.157 e. The van der Waals surface area contributed by atoms with E-state index in [0.29, 0.717) is 0 Å². The maximum atomic E-state index is 13.0. The molecule has 0 bridgehead atoms. The van der Waals surface area contributed by atoms with E-state index in [9.17, 15) is 4.39 Å². The van der Waals surface area contributed by atoms with Crippen LogP contribution in [-0.4, -0.2) is 10.2 Å². The molecule has 1 atom stereocenters. The van der Waals surface area contributed by atoms with Crippen LogP contribution in [0.3, 0.4) is 0 Å². The number of nitrogens with one attached hydrogen (secondary N) is 1. The number of hydrogen-bond acceptors (Lipinski definition) is 3. The summed E-state index contributed by atoms with van der Waals surface area (Å²) in [6, 6.07) is 14.5. The molecule has 21 heavy (non-hydrogen) atoms. The summed E-state index contributed by atoms with van der Waals surface area (Å²) in [7, 11) is 0. The largest absolute Gasteiger partial charge is 0.362 e. The Labute approximate surface area is 122 Å². The summed E-state index contributed by atoms with van der Waals surface area (Å²) >= 11 is 0. The van der Waals surface area contributed by atoms with Crippen LogP contribution in [0.2, 0.25) is 0 Å². The molecule has 3 aromatic rings. The van der Waals surface area contributed by atoms with Crippen LogP contribution in [0.15, 0.2) is 48.5 Å². The second-order valence-electron chi connectivity index (χ2n) is 5.10. The fraction of sp³-hybridized carbons (Fsp3) is 0.176. The maximum Gasteiger partial charge on any atom is 0.157 e. The van der Waals surface area contributed by atoms with Gasteiger partial charge < -0.3 is 5.32 Å². The van der Waals surface area contributed by atoms with Gasteiger partial charge in [-0.15, -0.1) is 5.10 Å². The molecule has 0 amide bonds. The topological polar surface area (TPSA) is 37.8 Å². The van der Waals surface area contributed by atoms with E-state index in [2.05, 4.69) is 15.5 Å². The van der Waals surface area contributed by atoms with Gasteiger partial charge >= 0.3 is 0 Å². The van der Waals surface area contributed by atoms with Crippen LogP contribution in [0.4, 0.5) is 10.2 Å². The van der Waals surface area contributed by atoms with Crippen molar-refractivity contribution in [1.82, 2.24) is 10.2 Å². The average Bonchev–Trinajstić information content (AvgIpc) is 2.51. The highest BCUT2D eigenvalue weighted by Crippen LogP contribution is 2.25. The lowest BCUT2D eigenvalue weighted by atomic mass is 10.1. The molecule has 1 aromatic heterocycles. The van der Waals surface area contributed by atoms with Crippen LogP contribution in [0.5, 0.6) is 0 Å². The SMILES string of the molecule is Cc1nnc(NC(C)c2ccc(F)cc2)c2ccccc12. The Morgan fingerprint density at radius 3 is 2.33 bits per heavy atom. The molecule has 0 radical (unpaired) electrons. The Kier molecular flexibility index (Phi) is 3.52. The summed E-state index contributed by atoms with van der Waals surface area (Å²) < 4.78 is 13.0. The highest BCUT2D eigenvalue weighted by molar-refractivity contribution is 5.92. The fourth-order valence-electron chi connectivity index (χ4n) is 2.38. The number of hydrogen-bond donors (Lipinski definition) is 1. The van der Waals surface area contributed by atoms with Gasteiger partial charge in [-0.3, -0.25) is 0 Å². The van der Waals surface area contributed by atoms with E-state index in [0.717, 1.165) is 27.8 Å². The molecule has 106 valence electrons. The molecular formula is C17H16FN3. The van der Waals surface area contributed by atoms with Crippen molar-refractivity contribution < 1.29 is 4.39 Å². The highest BCUT2D eigenvalue weighted by Gasteiger charge is 2.10. The summed E-state index contributed by atoms with van der Waals surface area (Å²) in [4.78, 5) is 0. The Bertz CT molecular complexity index is 769. The lowest BCUT2D eigenvalue weighted by Crippen LogP contribution is -2.09. The first-order chi connectivity index (χ1) is 10.1. The van der Waals surface area contributed by atoms with Crippen molar-refractivity contribution in [3.63, 3.8) is 0 Å². The molecule has 3 nitrogen and oxygen atoms in total. The van der Waals surface area contributed by atoms with E-state index in [1.54, 1.807) is 12.1 Å². The van der Waals surface area contributed by atoms with Gasteiger partial charge in [0.05, 0.1) is 11.7 Å². The highest BCUT2D eigenvalue weighted by atomic mass is 19.1. The van der Waals surface area contributed by atoms with Gasteiger partial charge in [0.15, 0.2) is 5.82 Å². The summed E-state index contributed by atoms with van der Waals surface area (Å²) in [5.41, 5.74) is 1.91. The van der Waals surface area contributed by atoms with Crippen molar-refractivity contribution in [1.29, 1.82) is 0 Å². The Balaban J connectivity index is 1.95. The number of halogens is 1. The molecule has 4 heteroatoms. The molecule has 2 aromatic carbocycles. The van der Waals surface area contributed by atoms with Crippen molar-refractivity contribution in [2.45, 2.75) is 19.9 Å². The average molecular weight is 281 g/mol. The van der Waals surface area contributed by atoms with Crippen molar-refractivity contribution in [3.8, 4) is 0 Å². The number of rotatable bonds is 3. The van der Waals surface area contributed by atoms with Gasteiger partial charge in [0, 0.05) is 10.8 Å². The van der Waals surface area contributed by atoms with Gasteiger partial charge in [-0.2, -0.15) is 5.10 Å². The summed E-state index contributed by atoms with van der Waals surface area (Å²) in [5.74, 6) is 0.513. The number of fused-ring (bicyclic) bond motifs is 1. The number of benzene rings is 2. The van der Waals surface area contributed by atoms with E-state index < -0.39 is 0 Å². The summed E-state index contributed by atoms with van der Waals surface area (Å²) in [6.07, 6.45) is 0. The zero-order valence-corrected chi connectivity index (χ0v) is 12.0. The number of aromatic nitrogens is 2. The monoisotopic (exact) mass is 281 g/mol. The van der Waals surface area contributed by atoms with Crippen molar-refractivity contribution in [3.05, 3.63) is 65.6 Å². The number of aryl methyl sites for hydroxylation is 1. The molecule has 0 saturated heterocycles. The Hall–Kier alpha value is -2.49. The van der Waals surface area contributed by atoms with Gasteiger partial charge in [-0.05, 0) is 31.5 Å². The van der Waals surface area contributed by atoms with Crippen LogP contribution >= 0.6 is 0 Å². The predicted molar refractivity (Wildman–Crippen MR) is 82.7 cm³/mol. The summed E-state index contributed by atoms with van der Waals surface area (Å²) in [6.45, 7) is 3.96. The molecule has 0 fully saturated rings. The van der Waals surface area contributed by atoms with Gasteiger partial charge in [0.2, 0.25) is 0 Å². The zero-order chi connectivity index (χ0) is 14.8. The molecule has 1 heterocycles. The Morgan fingerprint density at radius 2 is 1.62 bits per heavy atom. The minimum atomic E-state index is -0.230. The van der Waals surface area contributed by atoms with Gasteiger partial charge in [-0.1, -0.05) is 36.4 Å². The molecule has 3 rings (SSSR count). The van der Waals surface area contributed by atoms with Crippen molar-refractivity contribution >= 4 is 16.6 Å². The van der Waals surface area contributed by atoms with Crippen LogP contribution in [-0.2, 0) is 0 Å². The molecule has 0 saturated carbocycles. The molecule has 0 aliphatic rings. The van der Waals surface area contributed by atoms with Crippen LogP contribution in [0, 0.1) is 12.7 Å². The normalized spacial score (nSPS) is 12.3. The first-order valence-electron chi connectivity index (χ1n) is 6.89. The number of anilines is 1. The fourth-order valence-corrected chi connectivity index (χ4v) is 2.38. The number of nitrogens with zero attached hydrogens (tertiary/aromatic N) is 2. The van der Waals surface area contributed by atoms with E-state index >= 15 is 0 Å². The van der Waals surface area contributed by atoms with E-state index in [1.807, 2.05) is 38.1 Å². The Morgan fingerprint density at radius 1 is 0.952 bits per heavy atom. The third-order valence-corrected chi connectivity index (χ3v) is 3.60. The zero-order valence-electron chi connectivity index (χ0n) is 12.0.